The number of nitrogens with zero attached hydrogens (tertiary/aromatic N) is 4. The third kappa shape index (κ3) is 7.40. The normalized spacial score (nSPS) is 11.5. The molecule has 0 aliphatic rings. The van der Waals surface area contributed by atoms with Gasteiger partial charge >= 0.3 is 0 Å². The summed E-state index contributed by atoms with van der Waals surface area (Å²) in [5.41, 5.74) is 0.950. The van der Waals surface area contributed by atoms with Crippen molar-refractivity contribution in [2.45, 2.75) is 13.3 Å². The van der Waals surface area contributed by atoms with Crippen molar-refractivity contribution in [3.05, 3.63) is 70.8 Å². The fourth-order valence-corrected chi connectivity index (χ4v) is 3.61. The highest BCUT2D eigenvalue weighted by Gasteiger charge is 2.11. The first-order valence-corrected chi connectivity index (χ1v) is 11.5. The van der Waals surface area contributed by atoms with Crippen LogP contribution >= 0.6 is 0 Å². The molecule has 0 atom stereocenters. The van der Waals surface area contributed by atoms with E-state index in [2.05, 4.69) is 10.5 Å². The Labute approximate surface area is 190 Å². The molecule has 3 aromatic carbocycles. The van der Waals surface area contributed by atoms with E-state index in [0.717, 1.165) is 10.8 Å². The summed E-state index contributed by atoms with van der Waals surface area (Å²) in [6.45, 7) is 2.87. The topological polar surface area (TPSA) is 166 Å². The number of fused-ring (bicyclic) bond motifs is 1. The third-order valence-electron chi connectivity index (χ3n) is 4.69. The lowest BCUT2D eigenvalue weighted by atomic mass is 10.1. The number of anilines is 1. The average Bonchev–Trinajstić information content (AvgIpc) is 2.80. The zero-order valence-corrected chi connectivity index (χ0v) is 18.6. The number of benzene rings is 3. The summed E-state index contributed by atoms with van der Waals surface area (Å²) in [5.74, 6) is -0.538. The second-order valence-electron chi connectivity index (χ2n) is 6.84. The average molecular weight is 477 g/mol. The molecule has 0 amide bonds. The van der Waals surface area contributed by atoms with E-state index >= 15 is 0 Å². The molecule has 3 aromatic rings. The Kier molecular flexibility index (Phi) is 9.07. The number of nitroso groups, excluding NO2 is 1. The van der Waals surface area contributed by atoms with Crippen LogP contribution in [0, 0.1) is 10.1 Å². The van der Waals surface area contributed by atoms with Crippen LogP contribution in [-0.4, -0.2) is 47.0 Å². The lowest BCUT2D eigenvalue weighted by Gasteiger charge is -2.23. The van der Waals surface area contributed by atoms with Gasteiger partial charge in [-0.2, -0.15) is 8.42 Å². The van der Waals surface area contributed by atoms with Gasteiger partial charge in [-0.1, -0.05) is 30.3 Å². The summed E-state index contributed by atoms with van der Waals surface area (Å²) >= 11 is 0. The van der Waals surface area contributed by atoms with Crippen molar-refractivity contribution in [3.8, 4) is 5.75 Å². The summed E-state index contributed by atoms with van der Waals surface area (Å²) in [6, 6.07) is 17.1. The quantitative estimate of drug-likeness (QED) is 0.138. The largest absolute Gasteiger partial charge is 0.592 e. The zero-order chi connectivity index (χ0) is 24.4. The Morgan fingerprint density at radius 2 is 1.79 bits per heavy atom. The number of hydrogen-bond acceptors (Lipinski definition) is 8. The summed E-state index contributed by atoms with van der Waals surface area (Å²) in [4.78, 5) is 12.4. The molecule has 3 rings (SSSR count). The van der Waals surface area contributed by atoms with Crippen molar-refractivity contribution in [3.63, 3.8) is 0 Å². The van der Waals surface area contributed by atoms with Gasteiger partial charge in [-0.15, -0.1) is 4.91 Å². The Hall–Kier alpha value is -3.77. The summed E-state index contributed by atoms with van der Waals surface area (Å²) in [5, 5.41) is 36.0. The minimum absolute atomic E-state index is 0.0438. The number of phenols is 1. The fraction of sp³-hybridized carbons (Fsp3) is 0.238. The highest BCUT2D eigenvalue weighted by molar-refractivity contribution is 7.85. The van der Waals surface area contributed by atoms with Gasteiger partial charge in [0, 0.05) is 30.9 Å². The molecule has 11 nitrogen and oxygen atoms in total. The van der Waals surface area contributed by atoms with Crippen LogP contribution in [0.2, 0.25) is 0 Å². The van der Waals surface area contributed by atoms with E-state index in [1.165, 1.54) is 12.1 Å². The van der Waals surface area contributed by atoms with Gasteiger partial charge in [0.2, 0.25) is 5.28 Å². The molecule has 0 saturated heterocycles. The van der Waals surface area contributed by atoms with Crippen LogP contribution in [0.4, 0.5) is 17.1 Å². The molecule has 0 heterocycles. The van der Waals surface area contributed by atoms with Crippen molar-refractivity contribution < 1.29 is 28.1 Å². The highest BCUT2D eigenvalue weighted by atomic mass is 32.2. The molecule has 0 aliphatic carbocycles. The first kappa shape index (κ1) is 25.5. The molecule has 0 fully saturated rings. The first-order chi connectivity index (χ1) is 15.7. The van der Waals surface area contributed by atoms with Crippen molar-refractivity contribution in [1.29, 1.82) is 0 Å². The van der Waals surface area contributed by atoms with E-state index < -0.39 is 10.1 Å². The number of hydrogen-bond donors (Lipinski definition) is 3. The minimum Gasteiger partial charge on any atom is -0.592 e. The number of phenolic OH excluding ortho intramolecular Hbond substituents is 1. The second kappa shape index (κ2) is 11.7. The maximum Gasteiger partial charge on any atom is 0.264 e. The molecule has 0 unspecified atom stereocenters. The smallest absolute Gasteiger partial charge is 0.264 e. The Balaban J connectivity index is 0.000000243. The van der Waals surface area contributed by atoms with Crippen LogP contribution in [0.15, 0.2) is 71.1 Å². The molecule has 0 spiro atoms. The molecule has 0 aliphatic heterocycles. The molecular weight excluding hydrogens is 452 g/mol. The zero-order valence-electron chi connectivity index (χ0n) is 17.8. The highest BCUT2D eigenvalue weighted by Crippen LogP contribution is 2.30. The third-order valence-corrected chi connectivity index (χ3v) is 5.49. The van der Waals surface area contributed by atoms with Gasteiger partial charge in [-0.3, -0.25) is 4.55 Å². The predicted octanol–water partition coefficient (Wildman–Crippen LogP) is 4.72. The molecule has 0 aromatic heterocycles. The summed E-state index contributed by atoms with van der Waals surface area (Å²) in [7, 11) is -3.96. The minimum atomic E-state index is -3.96. The molecular formula is C21H24N4O7S. The summed E-state index contributed by atoms with van der Waals surface area (Å²) in [6.07, 6.45) is 0.265. The van der Waals surface area contributed by atoms with Gasteiger partial charge in [0.05, 0.1) is 11.1 Å². The van der Waals surface area contributed by atoms with Crippen LogP contribution < -0.4 is 4.90 Å². The molecule has 0 bridgehead atoms. The van der Waals surface area contributed by atoms with E-state index in [-0.39, 0.29) is 28.5 Å². The molecule has 0 saturated carbocycles. The van der Waals surface area contributed by atoms with Crippen LogP contribution in [0.1, 0.15) is 13.3 Å². The lowest BCUT2D eigenvalue weighted by molar-refractivity contribution is -0.472. The number of rotatable bonds is 8. The Morgan fingerprint density at radius 3 is 2.39 bits per heavy atom. The molecule has 176 valence electrons. The SMILES string of the molecule is CCN(CCCS(=O)(=O)O)c1ccc(N=O)c(O)c1.[O-][N+](=NO)c1cccc2ccccc12. The molecule has 12 heteroatoms. The van der Waals surface area contributed by atoms with Crippen molar-refractivity contribution in [2.24, 2.45) is 10.5 Å². The standard InChI is InChI=1S/C11H16N2O5S.C10H8N2O2/c1-2-13(6-3-7-19(16,17)18)9-4-5-10(12-15)11(14)8-9;13-11-12(14)10-7-3-5-8-4-1-2-6-9(8)10/h4-5,8,14H,2-3,6-7H2,1H3,(H,16,17,18);1-7,13H. The molecule has 0 radical (unpaired) electrons. The van der Waals surface area contributed by atoms with Crippen LogP contribution in [0.3, 0.4) is 0 Å². The molecule has 33 heavy (non-hydrogen) atoms. The van der Waals surface area contributed by atoms with Crippen molar-refractivity contribution >= 4 is 38.0 Å². The van der Waals surface area contributed by atoms with E-state index in [9.17, 15) is 23.6 Å². The fourth-order valence-electron chi connectivity index (χ4n) is 3.12. The predicted molar refractivity (Wildman–Crippen MR) is 124 cm³/mol. The van der Waals surface area contributed by atoms with Gasteiger partial charge in [0.15, 0.2) is 0 Å². The van der Waals surface area contributed by atoms with E-state index in [0.29, 0.717) is 24.5 Å². The van der Waals surface area contributed by atoms with Gasteiger partial charge in [0.1, 0.15) is 11.4 Å². The monoisotopic (exact) mass is 476 g/mol. The Morgan fingerprint density at radius 1 is 1.09 bits per heavy atom. The van der Waals surface area contributed by atoms with Crippen LogP contribution in [0.25, 0.3) is 10.8 Å². The van der Waals surface area contributed by atoms with Crippen molar-refractivity contribution in [1.82, 2.24) is 0 Å². The van der Waals surface area contributed by atoms with Crippen LogP contribution in [0.5, 0.6) is 5.75 Å². The van der Waals surface area contributed by atoms with Gasteiger partial charge in [0.25, 0.3) is 15.8 Å². The van der Waals surface area contributed by atoms with Gasteiger partial charge in [-0.25, -0.2) is 0 Å². The van der Waals surface area contributed by atoms with Crippen molar-refractivity contribution in [2.75, 3.05) is 23.7 Å². The Bertz CT molecular complexity index is 1230. The van der Waals surface area contributed by atoms with E-state index in [1.54, 1.807) is 24.3 Å². The van der Waals surface area contributed by atoms with Gasteiger partial charge in [-0.05, 0) is 47.0 Å². The molecule has 3 N–H and O–H groups in total. The second-order valence-corrected chi connectivity index (χ2v) is 8.42. The van der Waals surface area contributed by atoms with E-state index in [1.807, 2.05) is 36.1 Å². The van der Waals surface area contributed by atoms with Crippen LogP contribution in [-0.2, 0) is 10.1 Å². The van der Waals surface area contributed by atoms with Gasteiger partial charge < -0.3 is 20.4 Å². The lowest BCUT2D eigenvalue weighted by Crippen LogP contribution is -2.25. The maximum absolute atomic E-state index is 11.1. The maximum atomic E-state index is 11.1. The van der Waals surface area contributed by atoms with E-state index in [4.69, 9.17) is 9.76 Å². The number of aromatic hydroxyl groups is 1. The summed E-state index contributed by atoms with van der Waals surface area (Å²) < 4.78 is 29.9. The first-order valence-electron chi connectivity index (χ1n) is 9.86.